The van der Waals surface area contributed by atoms with Crippen LogP contribution in [0.25, 0.3) is 11.6 Å². The zero-order valence-electron chi connectivity index (χ0n) is 14.1. The molecule has 1 aliphatic rings. The van der Waals surface area contributed by atoms with Crippen LogP contribution >= 0.6 is 0 Å². The van der Waals surface area contributed by atoms with Gasteiger partial charge in [0.1, 0.15) is 5.75 Å². The molecule has 1 amide bonds. The SMILES string of the molecule is COc1cc[nH]c1/C=C1\C(=O)Nc2cccc(C#CCCCCO)c21. The van der Waals surface area contributed by atoms with Crippen molar-refractivity contribution in [3.8, 4) is 17.6 Å². The predicted molar refractivity (Wildman–Crippen MR) is 98.1 cm³/mol. The van der Waals surface area contributed by atoms with Gasteiger partial charge in [-0.05, 0) is 37.1 Å². The van der Waals surface area contributed by atoms with Gasteiger partial charge in [0.05, 0.1) is 24.1 Å². The molecular weight excluding hydrogens is 316 g/mol. The fraction of sp³-hybridized carbons (Fsp3) is 0.250. The van der Waals surface area contributed by atoms with Gasteiger partial charge in [0.25, 0.3) is 5.91 Å². The number of carbonyl (C=O) groups is 1. The van der Waals surface area contributed by atoms with Crippen LogP contribution in [0.3, 0.4) is 0 Å². The van der Waals surface area contributed by atoms with E-state index in [2.05, 4.69) is 22.1 Å². The highest BCUT2D eigenvalue weighted by molar-refractivity contribution is 6.35. The van der Waals surface area contributed by atoms with E-state index in [-0.39, 0.29) is 12.5 Å². The molecule has 5 heteroatoms. The maximum absolute atomic E-state index is 12.4. The first-order chi connectivity index (χ1) is 12.2. The van der Waals surface area contributed by atoms with Gasteiger partial charge in [-0.25, -0.2) is 0 Å². The van der Waals surface area contributed by atoms with E-state index in [1.165, 1.54) is 0 Å². The van der Waals surface area contributed by atoms with E-state index in [0.29, 0.717) is 11.3 Å². The third-order valence-electron chi connectivity index (χ3n) is 4.01. The Balaban J connectivity index is 1.96. The van der Waals surface area contributed by atoms with E-state index in [9.17, 15) is 4.79 Å². The fourth-order valence-electron chi connectivity index (χ4n) is 2.78. The monoisotopic (exact) mass is 336 g/mol. The average molecular weight is 336 g/mol. The zero-order valence-corrected chi connectivity index (χ0v) is 14.1. The lowest BCUT2D eigenvalue weighted by Gasteiger charge is -2.03. The van der Waals surface area contributed by atoms with Gasteiger partial charge in [-0.1, -0.05) is 17.9 Å². The molecule has 1 aromatic carbocycles. The molecule has 0 saturated carbocycles. The first kappa shape index (κ1) is 16.9. The number of hydrogen-bond donors (Lipinski definition) is 3. The normalized spacial score (nSPS) is 14.0. The van der Waals surface area contributed by atoms with Crippen molar-refractivity contribution in [3.63, 3.8) is 0 Å². The fourth-order valence-corrected chi connectivity index (χ4v) is 2.78. The van der Waals surface area contributed by atoms with Crippen LogP contribution in [-0.4, -0.2) is 29.7 Å². The number of aromatic nitrogens is 1. The van der Waals surface area contributed by atoms with Crippen molar-refractivity contribution in [2.75, 3.05) is 19.0 Å². The molecule has 2 heterocycles. The summed E-state index contributed by atoms with van der Waals surface area (Å²) in [6.45, 7) is 0.186. The lowest BCUT2D eigenvalue weighted by atomic mass is 9.99. The van der Waals surface area contributed by atoms with Gasteiger partial charge in [0.15, 0.2) is 0 Å². The summed E-state index contributed by atoms with van der Waals surface area (Å²) in [5.74, 6) is 6.81. The van der Waals surface area contributed by atoms with E-state index in [0.717, 1.165) is 41.8 Å². The zero-order chi connectivity index (χ0) is 17.6. The number of unbranched alkanes of at least 4 members (excludes halogenated alkanes) is 2. The van der Waals surface area contributed by atoms with Crippen molar-refractivity contribution in [2.24, 2.45) is 0 Å². The highest BCUT2D eigenvalue weighted by atomic mass is 16.5. The number of H-pyrrole nitrogens is 1. The van der Waals surface area contributed by atoms with Gasteiger partial charge >= 0.3 is 0 Å². The number of aromatic amines is 1. The molecule has 0 spiro atoms. The molecule has 0 atom stereocenters. The highest BCUT2D eigenvalue weighted by Gasteiger charge is 2.26. The summed E-state index contributed by atoms with van der Waals surface area (Å²) in [5, 5.41) is 11.7. The van der Waals surface area contributed by atoms with Gasteiger partial charge in [0, 0.05) is 30.4 Å². The molecule has 0 aliphatic carbocycles. The molecule has 0 saturated heterocycles. The number of aliphatic hydroxyl groups is 1. The molecule has 0 radical (unpaired) electrons. The van der Waals surface area contributed by atoms with Crippen LogP contribution in [0.1, 0.15) is 36.1 Å². The molecule has 0 fully saturated rings. The van der Waals surface area contributed by atoms with Crippen molar-refractivity contribution in [1.82, 2.24) is 4.98 Å². The van der Waals surface area contributed by atoms with E-state index in [1.54, 1.807) is 19.4 Å². The van der Waals surface area contributed by atoms with Crippen LogP contribution in [0.2, 0.25) is 0 Å². The first-order valence-electron chi connectivity index (χ1n) is 8.22. The number of carbonyl (C=O) groups excluding carboxylic acids is 1. The van der Waals surface area contributed by atoms with E-state index < -0.39 is 0 Å². The number of benzene rings is 1. The maximum atomic E-state index is 12.4. The average Bonchev–Trinajstić information content (AvgIpc) is 3.19. The van der Waals surface area contributed by atoms with Crippen LogP contribution in [0, 0.1) is 11.8 Å². The molecule has 3 N–H and O–H groups in total. The number of methoxy groups -OCH3 is 1. The van der Waals surface area contributed by atoms with Crippen molar-refractivity contribution in [3.05, 3.63) is 47.3 Å². The van der Waals surface area contributed by atoms with Gasteiger partial charge in [-0.15, -0.1) is 0 Å². The van der Waals surface area contributed by atoms with Crippen LogP contribution in [0.4, 0.5) is 5.69 Å². The van der Waals surface area contributed by atoms with E-state index in [4.69, 9.17) is 9.84 Å². The molecule has 1 aliphatic heterocycles. The van der Waals surface area contributed by atoms with Gasteiger partial charge in [0.2, 0.25) is 0 Å². The number of nitrogens with one attached hydrogen (secondary N) is 2. The molecule has 2 aromatic rings. The van der Waals surface area contributed by atoms with Gasteiger partial charge in [-0.3, -0.25) is 4.79 Å². The summed E-state index contributed by atoms with van der Waals surface area (Å²) >= 11 is 0. The summed E-state index contributed by atoms with van der Waals surface area (Å²) < 4.78 is 5.30. The molecule has 0 bridgehead atoms. The van der Waals surface area contributed by atoms with Crippen molar-refractivity contribution < 1.29 is 14.6 Å². The smallest absolute Gasteiger partial charge is 0.256 e. The Morgan fingerprint density at radius 1 is 1.28 bits per heavy atom. The van der Waals surface area contributed by atoms with Crippen LogP contribution in [0.15, 0.2) is 30.5 Å². The minimum absolute atomic E-state index is 0.152. The summed E-state index contributed by atoms with van der Waals surface area (Å²) in [6.07, 6.45) is 5.88. The second-order valence-electron chi connectivity index (χ2n) is 5.68. The second kappa shape index (κ2) is 7.73. The van der Waals surface area contributed by atoms with Crippen molar-refractivity contribution in [1.29, 1.82) is 0 Å². The summed E-state index contributed by atoms with van der Waals surface area (Å²) in [4.78, 5) is 15.5. The number of hydrogen-bond acceptors (Lipinski definition) is 3. The topological polar surface area (TPSA) is 74.4 Å². The largest absolute Gasteiger partial charge is 0.495 e. The molecule has 5 nitrogen and oxygen atoms in total. The highest BCUT2D eigenvalue weighted by Crippen LogP contribution is 2.36. The van der Waals surface area contributed by atoms with Crippen molar-refractivity contribution in [2.45, 2.75) is 19.3 Å². The molecule has 128 valence electrons. The minimum Gasteiger partial charge on any atom is -0.495 e. The van der Waals surface area contributed by atoms with E-state index >= 15 is 0 Å². The summed E-state index contributed by atoms with van der Waals surface area (Å²) in [6, 6.07) is 7.48. The third kappa shape index (κ3) is 3.59. The lowest BCUT2D eigenvalue weighted by Crippen LogP contribution is -2.03. The molecule has 3 rings (SSSR count). The third-order valence-corrected chi connectivity index (χ3v) is 4.01. The molecular formula is C20H20N2O3. The molecule has 25 heavy (non-hydrogen) atoms. The van der Waals surface area contributed by atoms with Gasteiger partial charge < -0.3 is 20.1 Å². The van der Waals surface area contributed by atoms with Crippen molar-refractivity contribution >= 4 is 23.2 Å². The number of aliphatic hydroxyl groups excluding tert-OH is 1. The van der Waals surface area contributed by atoms with E-state index in [1.807, 2.05) is 24.3 Å². The van der Waals surface area contributed by atoms with Crippen LogP contribution in [0.5, 0.6) is 5.75 Å². The molecule has 0 unspecified atom stereocenters. The number of rotatable bonds is 5. The Kier molecular flexibility index (Phi) is 5.22. The summed E-state index contributed by atoms with van der Waals surface area (Å²) in [7, 11) is 1.59. The maximum Gasteiger partial charge on any atom is 0.256 e. The quantitative estimate of drug-likeness (QED) is 0.446. The minimum atomic E-state index is -0.152. The lowest BCUT2D eigenvalue weighted by molar-refractivity contribution is -0.110. The van der Waals surface area contributed by atoms with Crippen LogP contribution < -0.4 is 10.1 Å². The second-order valence-corrected chi connectivity index (χ2v) is 5.68. The Bertz CT molecular complexity index is 869. The predicted octanol–water partition coefficient (Wildman–Crippen LogP) is 3.03. The van der Waals surface area contributed by atoms with Crippen LogP contribution in [-0.2, 0) is 4.79 Å². The summed E-state index contributed by atoms with van der Waals surface area (Å²) in [5.41, 5.74) is 3.71. The Hall–Kier alpha value is -2.97. The number of fused-ring (bicyclic) bond motifs is 1. The standard InChI is InChI=1S/C20H20N2O3/c1-25-18-10-11-21-17(18)13-15-19-14(7-4-2-3-5-12-23)8-6-9-16(19)22-20(15)24/h6,8-11,13,21,23H,2-3,5,12H2,1H3,(H,22,24)/b15-13-. The number of anilines is 1. The number of ether oxygens (including phenoxy) is 1. The Labute approximate surface area is 146 Å². The first-order valence-corrected chi connectivity index (χ1v) is 8.22. The molecule has 1 aromatic heterocycles. The Morgan fingerprint density at radius 2 is 2.16 bits per heavy atom. The number of amides is 1. The van der Waals surface area contributed by atoms with Gasteiger partial charge in [-0.2, -0.15) is 0 Å². The Morgan fingerprint density at radius 3 is 2.96 bits per heavy atom.